The predicted octanol–water partition coefficient (Wildman–Crippen LogP) is 1.32. The van der Waals surface area contributed by atoms with E-state index in [0.717, 1.165) is 19.3 Å². The number of carbonyl (C=O) groups excluding carboxylic acids is 1. The standard InChI is InChI=1S/C12H18N2O2/c1-3-10-7-16-9(2)6-14(10)11(15)12(8-13)4-5-12/h9-10H,3-7H2,1-2H3. The zero-order chi connectivity index (χ0) is 11.8. The molecular weight excluding hydrogens is 204 g/mol. The summed E-state index contributed by atoms with van der Waals surface area (Å²) < 4.78 is 5.55. The van der Waals surface area contributed by atoms with E-state index in [-0.39, 0.29) is 18.1 Å². The molecule has 1 saturated carbocycles. The highest BCUT2D eigenvalue weighted by molar-refractivity contribution is 5.88. The SMILES string of the molecule is CCC1COC(C)CN1C(=O)C1(C#N)CC1. The molecule has 1 aliphatic carbocycles. The lowest BCUT2D eigenvalue weighted by Gasteiger charge is -2.39. The van der Waals surface area contributed by atoms with Crippen molar-refractivity contribution in [2.24, 2.45) is 5.41 Å². The van der Waals surface area contributed by atoms with Gasteiger partial charge >= 0.3 is 0 Å². The van der Waals surface area contributed by atoms with Gasteiger partial charge in [-0.3, -0.25) is 4.79 Å². The first-order valence-corrected chi connectivity index (χ1v) is 5.97. The molecule has 88 valence electrons. The molecular formula is C12H18N2O2. The second-order valence-corrected chi connectivity index (χ2v) is 4.86. The van der Waals surface area contributed by atoms with Crippen molar-refractivity contribution >= 4 is 5.91 Å². The van der Waals surface area contributed by atoms with Gasteiger partial charge in [0.1, 0.15) is 5.41 Å². The van der Waals surface area contributed by atoms with Crippen LogP contribution in [0.15, 0.2) is 0 Å². The van der Waals surface area contributed by atoms with Crippen molar-refractivity contribution in [3.63, 3.8) is 0 Å². The van der Waals surface area contributed by atoms with Gasteiger partial charge in [-0.1, -0.05) is 6.92 Å². The van der Waals surface area contributed by atoms with E-state index in [0.29, 0.717) is 13.2 Å². The van der Waals surface area contributed by atoms with Gasteiger partial charge in [-0.2, -0.15) is 5.26 Å². The van der Waals surface area contributed by atoms with Crippen LogP contribution in [-0.2, 0) is 9.53 Å². The predicted molar refractivity (Wildman–Crippen MR) is 58.5 cm³/mol. The quantitative estimate of drug-likeness (QED) is 0.708. The molecule has 0 radical (unpaired) electrons. The second kappa shape index (κ2) is 4.06. The Kier molecular flexibility index (Phi) is 2.90. The molecule has 0 spiro atoms. The molecule has 0 aromatic rings. The first kappa shape index (κ1) is 11.4. The Hall–Kier alpha value is -1.08. The summed E-state index contributed by atoms with van der Waals surface area (Å²) in [4.78, 5) is 14.1. The molecule has 2 unspecified atom stereocenters. The Balaban J connectivity index is 2.11. The van der Waals surface area contributed by atoms with Crippen LogP contribution in [0, 0.1) is 16.7 Å². The number of nitriles is 1. The molecule has 1 heterocycles. The van der Waals surface area contributed by atoms with E-state index in [9.17, 15) is 4.79 Å². The summed E-state index contributed by atoms with van der Waals surface area (Å²) in [5, 5.41) is 9.05. The third-order valence-electron chi connectivity index (χ3n) is 3.57. The van der Waals surface area contributed by atoms with Gasteiger partial charge in [-0.05, 0) is 26.2 Å². The maximum Gasteiger partial charge on any atom is 0.243 e. The van der Waals surface area contributed by atoms with Crippen molar-refractivity contribution in [2.75, 3.05) is 13.2 Å². The largest absolute Gasteiger partial charge is 0.375 e. The van der Waals surface area contributed by atoms with Gasteiger partial charge in [0.25, 0.3) is 0 Å². The van der Waals surface area contributed by atoms with E-state index in [1.165, 1.54) is 0 Å². The average Bonchev–Trinajstić information content (AvgIpc) is 3.09. The molecule has 0 bridgehead atoms. The number of rotatable bonds is 2. The third-order valence-corrected chi connectivity index (χ3v) is 3.57. The number of morpholine rings is 1. The van der Waals surface area contributed by atoms with E-state index in [1.807, 2.05) is 11.8 Å². The Labute approximate surface area is 96.2 Å². The third kappa shape index (κ3) is 1.80. The van der Waals surface area contributed by atoms with Crippen LogP contribution in [0.4, 0.5) is 0 Å². The zero-order valence-electron chi connectivity index (χ0n) is 9.90. The molecule has 1 saturated heterocycles. The van der Waals surface area contributed by atoms with Crippen molar-refractivity contribution in [2.45, 2.75) is 45.3 Å². The van der Waals surface area contributed by atoms with Gasteiger partial charge in [0, 0.05) is 6.54 Å². The maximum absolute atomic E-state index is 12.3. The van der Waals surface area contributed by atoms with Gasteiger partial charge in [0.05, 0.1) is 24.8 Å². The summed E-state index contributed by atoms with van der Waals surface area (Å²) in [6.45, 7) is 5.25. The monoisotopic (exact) mass is 222 g/mol. The molecule has 0 aromatic carbocycles. The smallest absolute Gasteiger partial charge is 0.243 e. The van der Waals surface area contributed by atoms with Crippen LogP contribution in [0.2, 0.25) is 0 Å². The number of ether oxygens (including phenoxy) is 1. The molecule has 4 nitrogen and oxygen atoms in total. The van der Waals surface area contributed by atoms with Crippen molar-refractivity contribution in [1.29, 1.82) is 5.26 Å². The highest BCUT2D eigenvalue weighted by atomic mass is 16.5. The van der Waals surface area contributed by atoms with Gasteiger partial charge in [-0.15, -0.1) is 0 Å². The van der Waals surface area contributed by atoms with Crippen LogP contribution in [0.1, 0.15) is 33.1 Å². The van der Waals surface area contributed by atoms with Crippen molar-refractivity contribution in [3.05, 3.63) is 0 Å². The highest BCUT2D eigenvalue weighted by Gasteiger charge is 2.53. The van der Waals surface area contributed by atoms with E-state index >= 15 is 0 Å². The molecule has 1 aliphatic heterocycles. The van der Waals surface area contributed by atoms with Crippen molar-refractivity contribution in [3.8, 4) is 6.07 Å². The summed E-state index contributed by atoms with van der Waals surface area (Å²) in [5.74, 6) is 0.0250. The zero-order valence-corrected chi connectivity index (χ0v) is 9.90. The Bertz CT molecular complexity index is 330. The highest BCUT2D eigenvalue weighted by Crippen LogP contribution is 2.47. The summed E-state index contributed by atoms with van der Waals surface area (Å²) in [7, 11) is 0. The number of hydrogen-bond acceptors (Lipinski definition) is 3. The lowest BCUT2D eigenvalue weighted by molar-refractivity contribution is -0.148. The number of nitrogens with zero attached hydrogens (tertiary/aromatic N) is 2. The molecule has 0 aromatic heterocycles. The Morgan fingerprint density at radius 2 is 2.31 bits per heavy atom. The van der Waals surface area contributed by atoms with E-state index < -0.39 is 5.41 Å². The van der Waals surface area contributed by atoms with Crippen LogP contribution in [0.3, 0.4) is 0 Å². The molecule has 1 amide bonds. The minimum Gasteiger partial charge on any atom is -0.375 e. The molecule has 2 fully saturated rings. The Morgan fingerprint density at radius 3 is 2.81 bits per heavy atom. The number of hydrogen-bond donors (Lipinski definition) is 0. The average molecular weight is 222 g/mol. The van der Waals surface area contributed by atoms with Crippen LogP contribution in [-0.4, -0.2) is 36.1 Å². The first-order valence-electron chi connectivity index (χ1n) is 5.97. The fourth-order valence-corrected chi connectivity index (χ4v) is 2.20. The van der Waals surface area contributed by atoms with E-state index in [1.54, 1.807) is 0 Å². The van der Waals surface area contributed by atoms with Gasteiger partial charge in [-0.25, -0.2) is 0 Å². The fourth-order valence-electron chi connectivity index (χ4n) is 2.20. The van der Waals surface area contributed by atoms with Crippen LogP contribution in [0.5, 0.6) is 0 Å². The Morgan fingerprint density at radius 1 is 1.62 bits per heavy atom. The minimum absolute atomic E-state index is 0.0250. The summed E-state index contributed by atoms with van der Waals surface area (Å²) in [5.41, 5.74) is -0.690. The minimum atomic E-state index is -0.690. The fraction of sp³-hybridized carbons (Fsp3) is 0.833. The molecule has 0 N–H and O–H groups in total. The van der Waals surface area contributed by atoms with Gasteiger partial charge in [0.15, 0.2) is 0 Å². The second-order valence-electron chi connectivity index (χ2n) is 4.86. The lowest BCUT2D eigenvalue weighted by Crippen LogP contribution is -2.53. The number of amides is 1. The molecule has 2 aliphatic rings. The van der Waals surface area contributed by atoms with Gasteiger partial charge in [0.2, 0.25) is 5.91 Å². The van der Waals surface area contributed by atoms with E-state index in [4.69, 9.17) is 10.00 Å². The molecule has 2 rings (SSSR count). The van der Waals surface area contributed by atoms with Crippen molar-refractivity contribution in [1.82, 2.24) is 4.90 Å². The summed E-state index contributed by atoms with van der Waals surface area (Å²) in [6, 6.07) is 2.32. The lowest BCUT2D eigenvalue weighted by atomic mass is 10.0. The summed E-state index contributed by atoms with van der Waals surface area (Å²) in [6.07, 6.45) is 2.43. The van der Waals surface area contributed by atoms with Crippen LogP contribution >= 0.6 is 0 Å². The normalized spacial score (nSPS) is 31.9. The number of carbonyl (C=O) groups is 1. The van der Waals surface area contributed by atoms with Gasteiger partial charge < -0.3 is 9.64 Å². The topological polar surface area (TPSA) is 53.3 Å². The van der Waals surface area contributed by atoms with E-state index in [2.05, 4.69) is 13.0 Å². The first-order chi connectivity index (χ1) is 7.63. The summed E-state index contributed by atoms with van der Waals surface area (Å²) >= 11 is 0. The van der Waals surface area contributed by atoms with Crippen LogP contribution in [0.25, 0.3) is 0 Å². The van der Waals surface area contributed by atoms with Crippen molar-refractivity contribution < 1.29 is 9.53 Å². The molecule has 4 heteroatoms. The molecule has 16 heavy (non-hydrogen) atoms. The molecule has 2 atom stereocenters. The van der Waals surface area contributed by atoms with Crippen LogP contribution < -0.4 is 0 Å². The maximum atomic E-state index is 12.3.